The normalized spacial score (nSPS) is 12.0. The number of alkyl halides is 6. The molecule has 0 amide bonds. The van der Waals surface area contributed by atoms with E-state index in [1.807, 2.05) is 0 Å². The van der Waals surface area contributed by atoms with Crippen LogP contribution in [0.4, 0.5) is 32.3 Å². The fourth-order valence-electron chi connectivity index (χ4n) is 2.73. The number of hydrogen-bond acceptors (Lipinski definition) is 4. The van der Waals surface area contributed by atoms with Crippen molar-refractivity contribution in [2.75, 3.05) is 19.0 Å². The standard InChI is InChI=1S/C21H17F6N3O/c1-30(2)19-28-16(10-13-5-3-6-14(9-13)20(22,23)24)12-18(29-19)31-17-8-4-7-15(11-17)21(25,26)27/h3-9,11-12H,10H2,1-2H3. The number of anilines is 1. The Balaban J connectivity index is 1.92. The SMILES string of the molecule is CN(C)c1nc(Cc2cccc(C(F)(F)F)c2)cc(Oc2cccc(C(F)(F)F)c2)n1. The summed E-state index contributed by atoms with van der Waals surface area (Å²) in [5.41, 5.74) is -0.952. The molecule has 0 atom stereocenters. The third kappa shape index (κ3) is 5.87. The zero-order chi connectivity index (χ0) is 22.8. The van der Waals surface area contributed by atoms with Crippen molar-refractivity contribution in [3.05, 3.63) is 77.0 Å². The van der Waals surface area contributed by atoms with Crippen LogP contribution in [0.15, 0.2) is 54.6 Å². The van der Waals surface area contributed by atoms with Crippen LogP contribution in [0.3, 0.4) is 0 Å². The van der Waals surface area contributed by atoms with E-state index < -0.39 is 23.5 Å². The van der Waals surface area contributed by atoms with Gasteiger partial charge in [0.05, 0.1) is 16.8 Å². The first kappa shape index (κ1) is 22.4. The molecule has 0 fully saturated rings. The molecule has 0 aliphatic heterocycles. The van der Waals surface area contributed by atoms with Gasteiger partial charge in [-0.2, -0.15) is 31.3 Å². The molecule has 164 valence electrons. The lowest BCUT2D eigenvalue weighted by atomic mass is 10.1. The summed E-state index contributed by atoms with van der Waals surface area (Å²) >= 11 is 0. The monoisotopic (exact) mass is 441 g/mol. The van der Waals surface area contributed by atoms with Crippen LogP contribution in [0.5, 0.6) is 11.6 Å². The number of hydrogen-bond donors (Lipinski definition) is 0. The minimum absolute atomic E-state index is 0.0278. The Morgan fingerprint density at radius 2 is 1.42 bits per heavy atom. The van der Waals surface area contributed by atoms with Crippen LogP contribution >= 0.6 is 0 Å². The number of aromatic nitrogens is 2. The lowest BCUT2D eigenvalue weighted by Crippen LogP contribution is -2.14. The maximum absolute atomic E-state index is 13.0. The highest BCUT2D eigenvalue weighted by molar-refractivity contribution is 5.38. The average molecular weight is 441 g/mol. The first-order chi connectivity index (χ1) is 14.4. The van der Waals surface area contributed by atoms with Crippen molar-refractivity contribution in [2.24, 2.45) is 0 Å². The second kappa shape index (κ2) is 8.44. The van der Waals surface area contributed by atoms with Gasteiger partial charge in [0.1, 0.15) is 5.75 Å². The van der Waals surface area contributed by atoms with Crippen LogP contribution in [0, 0.1) is 0 Å². The molecule has 0 N–H and O–H groups in total. The van der Waals surface area contributed by atoms with Crippen LogP contribution in [0.1, 0.15) is 22.4 Å². The molecule has 0 unspecified atom stereocenters. The molecule has 0 aliphatic carbocycles. The molecular weight excluding hydrogens is 424 g/mol. The van der Waals surface area contributed by atoms with Crippen molar-refractivity contribution in [1.29, 1.82) is 0 Å². The second-order valence-electron chi connectivity index (χ2n) is 6.89. The van der Waals surface area contributed by atoms with Gasteiger partial charge in [0.15, 0.2) is 0 Å². The van der Waals surface area contributed by atoms with Crippen molar-refractivity contribution in [2.45, 2.75) is 18.8 Å². The smallest absolute Gasteiger partial charge is 0.416 e. The third-order valence-corrected chi connectivity index (χ3v) is 4.17. The van der Waals surface area contributed by atoms with Crippen LogP contribution in [0.25, 0.3) is 0 Å². The Morgan fingerprint density at radius 3 is 2.03 bits per heavy atom. The van der Waals surface area contributed by atoms with Gasteiger partial charge in [0, 0.05) is 26.6 Å². The molecule has 0 bridgehead atoms. The lowest BCUT2D eigenvalue weighted by molar-refractivity contribution is -0.138. The molecule has 0 radical (unpaired) electrons. The fourth-order valence-corrected chi connectivity index (χ4v) is 2.73. The Labute approximate surface area is 174 Å². The molecule has 4 nitrogen and oxygen atoms in total. The predicted molar refractivity (Wildman–Crippen MR) is 102 cm³/mol. The Kier molecular flexibility index (Phi) is 6.10. The maximum Gasteiger partial charge on any atom is 0.416 e. The van der Waals surface area contributed by atoms with Crippen LogP contribution in [-0.4, -0.2) is 24.1 Å². The molecule has 31 heavy (non-hydrogen) atoms. The summed E-state index contributed by atoms with van der Waals surface area (Å²) in [5, 5.41) is 0. The highest BCUT2D eigenvalue weighted by Gasteiger charge is 2.31. The number of rotatable bonds is 5. The summed E-state index contributed by atoms with van der Waals surface area (Å²) in [5.74, 6) is 0.0923. The van der Waals surface area contributed by atoms with Gasteiger partial charge < -0.3 is 9.64 Å². The third-order valence-electron chi connectivity index (χ3n) is 4.17. The van der Waals surface area contributed by atoms with Crippen molar-refractivity contribution in [3.8, 4) is 11.6 Å². The van der Waals surface area contributed by atoms with E-state index in [0.29, 0.717) is 11.3 Å². The molecule has 0 spiro atoms. The van der Waals surface area contributed by atoms with Crippen molar-refractivity contribution >= 4 is 5.95 Å². The van der Waals surface area contributed by atoms with Crippen molar-refractivity contribution in [1.82, 2.24) is 9.97 Å². The molecule has 0 saturated heterocycles. The quantitative estimate of drug-likeness (QED) is 0.458. The van der Waals surface area contributed by atoms with Crippen molar-refractivity contribution in [3.63, 3.8) is 0 Å². The van der Waals surface area contributed by atoms with Crippen LogP contribution in [-0.2, 0) is 18.8 Å². The largest absolute Gasteiger partial charge is 0.439 e. The van der Waals surface area contributed by atoms with E-state index in [1.165, 1.54) is 30.3 Å². The minimum Gasteiger partial charge on any atom is -0.439 e. The zero-order valence-corrected chi connectivity index (χ0v) is 16.4. The van der Waals surface area contributed by atoms with Gasteiger partial charge in [-0.05, 0) is 29.8 Å². The number of nitrogens with zero attached hydrogens (tertiary/aromatic N) is 3. The van der Waals surface area contributed by atoms with Gasteiger partial charge in [-0.1, -0.05) is 24.3 Å². The molecule has 3 aromatic rings. The zero-order valence-electron chi connectivity index (χ0n) is 16.4. The lowest BCUT2D eigenvalue weighted by Gasteiger charge is -2.15. The summed E-state index contributed by atoms with van der Waals surface area (Å²) in [7, 11) is 3.30. The summed E-state index contributed by atoms with van der Waals surface area (Å²) in [6.07, 6.45) is -8.96. The molecule has 1 aromatic heterocycles. The molecule has 1 heterocycles. The molecular formula is C21H17F6N3O. The average Bonchev–Trinajstić information content (AvgIpc) is 2.67. The van der Waals surface area contributed by atoms with Gasteiger partial charge in [-0.3, -0.25) is 0 Å². The highest BCUT2D eigenvalue weighted by Crippen LogP contribution is 2.33. The summed E-state index contributed by atoms with van der Waals surface area (Å²) in [6.45, 7) is 0. The second-order valence-corrected chi connectivity index (χ2v) is 6.89. The topological polar surface area (TPSA) is 38.2 Å². The van der Waals surface area contributed by atoms with Crippen molar-refractivity contribution < 1.29 is 31.1 Å². The van der Waals surface area contributed by atoms with Gasteiger partial charge in [-0.25, -0.2) is 4.98 Å². The minimum atomic E-state index is -4.53. The molecule has 3 rings (SSSR count). The summed E-state index contributed by atoms with van der Waals surface area (Å²) in [4.78, 5) is 9.99. The molecule has 2 aromatic carbocycles. The van der Waals surface area contributed by atoms with E-state index >= 15 is 0 Å². The summed E-state index contributed by atoms with van der Waals surface area (Å²) < 4.78 is 83.2. The predicted octanol–water partition coefficient (Wildman–Crippen LogP) is 5.96. The van der Waals surface area contributed by atoms with E-state index in [1.54, 1.807) is 19.0 Å². The Morgan fingerprint density at radius 1 is 0.806 bits per heavy atom. The number of ether oxygens (including phenoxy) is 1. The maximum atomic E-state index is 13.0. The van der Waals surface area contributed by atoms with Gasteiger partial charge in [-0.15, -0.1) is 0 Å². The fraction of sp³-hybridized carbons (Fsp3) is 0.238. The Hall–Kier alpha value is -3.30. The van der Waals surface area contributed by atoms with Crippen LogP contribution < -0.4 is 9.64 Å². The molecule has 10 heteroatoms. The first-order valence-electron chi connectivity index (χ1n) is 8.98. The van der Waals surface area contributed by atoms with E-state index in [2.05, 4.69) is 9.97 Å². The number of halogens is 6. The van der Waals surface area contributed by atoms with E-state index in [9.17, 15) is 26.3 Å². The van der Waals surface area contributed by atoms with E-state index in [0.717, 1.165) is 24.3 Å². The highest BCUT2D eigenvalue weighted by atomic mass is 19.4. The molecule has 0 saturated carbocycles. The van der Waals surface area contributed by atoms with Gasteiger partial charge in [0.2, 0.25) is 11.8 Å². The van der Waals surface area contributed by atoms with E-state index in [4.69, 9.17) is 4.74 Å². The summed E-state index contributed by atoms with van der Waals surface area (Å²) in [6, 6.07) is 10.5. The van der Waals surface area contributed by atoms with E-state index in [-0.39, 0.29) is 24.0 Å². The van der Waals surface area contributed by atoms with Gasteiger partial charge >= 0.3 is 12.4 Å². The molecule has 0 aliphatic rings. The Bertz CT molecular complexity index is 986. The number of benzene rings is 2. The van der Waals surface area contributed by atoms with Gasteiger partial charge in [0.25, 0.3) is 0 Å². The van der Waals surface area contributed by atoms with Crippen LogP contribution in [0.2, 0.25) is 0 Å². The first-order valence-corrected chi connectivity index (χ1v) is 8.98.